The molecule has 53 valence electrons. The number of rotatable bonds is 5. The molecule has 1 radical (unpaired) electrons. The van der Waals surface area contributed by atoms with Crippen molar-refractivity contribution in [2.45, 2.75) is 25.7 Å². The molecule has 0 N–H and O–H groups in total. The zero-order chi connectivity index (χ0) is 6.95. The molecule has 0 aromatic heterocycles. The second-order valence-corrected chi connectivity index (χ2v) is 1.96. The van der Waals surface area contributed by atoms with Gasteiger partial charge in [-0.3, -0.25) is 0 Å². The lowest BCUT2D eigenvalue weighted by atomic mass is 10.2. The minimum absolute atomic E-state index is 1.04. The van der Waals surface area contributed by atoms with Crippen molar-refractivity contribution in [1.82, 2.24) is 0 Å². The summed E-state index contributed by atoms with van der Waals surface area (Å²) in [5.74, 6) is 0. The quantitative estimate of drug-likeness (QED) is 0.407. The average molecular weight is 127 g/mol. The molecular formula is C8H15O. The van der Waals surface area contributed by atoms with Crippen LogP contribution in [-0.2, 0) is 4.74 Å². The van der Waals surface area contributed by atoms with Gasteiger partial charge in [0.25, 0.3) is 0 Å². The molecule has 1 heteroatoms. The van der Waals surface area contributed by atoms with Crippen LogP contribution in [0.3, 0.4) is 0 Å². The van der Waals surface area contributed by atoms with Crippen molar-refractivity contribution in [2.75, 3.05) is 7.11 Å². The van der Waals surface area contributed by atoms with Gasteiger partial charge in [-0.15, -0.1) is 0 Å². The van der Waals surface area contributed by atoms with E-state index in [1.54, 1.807) is 13.4 Å². The van der Waals surface area contributed by atoms with E-state index < -0.39 is 0 Å². The van der Waals surface area contributed by atoms with E-state index in [1.807, 2.05) is 6.08 Å². The normalized spacial score (nSPS) is 10.4. The van der Waals surface area contributed by atoms with Crippen LogP contribution in [0.15, 0.2) is 12.3 Å². The minimum atomic E-state index is 1.04. The third-order valence-corrected chi connectivity index (χ3v) is 1.10. The predicted octanol–water partition coefficient (Wildman–Crippen LogP) is 2.54. The molecule has 0 atom stereocenters. The molecule has 0 heterocycles. The third kappa shape index (κ3) is 7.54. The number of unbranched alkanes of at least 4 members (excludes halogenated alkanes) is 3. The van der Waals surface area contributed by atoms with Crippen LogP contribution in [0.1, 0.15) is 25.7 Å². The molecule has 9 heavy (non-hydrogen) atoms. The fourth-order valence-electron chi connectivity index (χ4n) is 0.603. The molecule has 0 fully saturated rings. The number of ether oxygens (including phenoxy) is 1. The summed E-state index contributed by atoms with van der Waals surface area (Å²) in [4.78, 5) is 0. The molecule has 0 aliphatic rings. The van der Waals surface area contributed by atoms with Gasteiger partial charge in [0, 0.05) is 0 Å². The second kappa shape index (κ2) is 7.54. The fourth-order valence-corrected chi connectivity index (χ4v) is 0.603. The summed E-state index contributed by atoms with van der Waals surface area (Å²) in [6.45, 7) is 3.75. The van der Waals surface area contributed by atoms with E-state index in [2.05, 4.69) is 6.92 Å². The smallest absolute Gasteiger partial charge is 0.0784 e. The predicted molar refractivity (Wildman–Crippen MR) is 40.0 cm³/mol. The van der Waals surface area contributed by atoms with Crippen LogP contribution in [0, 0.1) is 6.92 Å². The molecule has 0 aromatic carbocycles. The van der Waals surface area contributed by atoms with Gasteiger partial charge in [0.05, 0.1) is 13.4 Å². The number of methoxy groups -OCH3 is 1. The molecule has 0 saturated heterocycles. The molecule has 0 aliphatic carbocycles. The highest BCUT2D eigenvalue weighted by Gasteiger charge is 1.79. The lowest BCUT2D eigenvalue weighted by Gasteiger charge is -1.90. The molecule has 0 amide bonds. The van der Waals surface area contributed by atoms with Gasteiger partial charge < -0.3 is 4.74 Å². The third-order valence-electron chi connectivity index (χ3n) is 1.10. The van der Waals surface area contributed by atoms with E-state index in [-0.39, 0.29) is 0 Å². The highest BCUT2D eigenvalue weighted by molar-refractivity contribution is 4.72. The molecule has 0 spiro atoms. The van der Waals surface area contributed by atoms with Crippen LogP contribution in [0.25, 0.3) is 0 Å². The first kappa shape index (κ1) is 8.54. The molecule has 0 aromatic rings. The first-order valence-corrected chi connectivity index (χ1v) is 3.39. The van der Waals surface area contributed by atoms with Crippen LogP contribution in [0.2, 0.25) is 0 Å². The maximum Gasteiger partial charge on any atom is 0.0784 e. The second-order valence-electron chi connectivity index (χ2n) is 1.96. The van der Waals surface area contributed by atoms with Crippen molar-refractivity contribution in [3.05, 3.63) is 19.3 Å². The lowest BCUT2D eigenvalue weighted by Crippen LogP contribution is -1.71. The van der Waals surface area contributed by atoms with Crippen LogP contribution in [0.5, 0.6) is 0 Å². The van der Waals surface area contributed by atoms with Gasteiger partial charge in [-0.2, -0.15) is 0 Å². The highest BCUT2D eigenvalue weighted by Crippen LogP contribution is 1.98. The summed E-state index contributed by atoms with van der Waals surface area (Å²) < 4.78 is 4.73. The summed E-state index contributed by atoms with van der Waals surface area (Å²) in [7, 11) is 1.66. The largest absolute Gasteiger partial charge is 0.505 e. The standard InChI is InChI=1S/C8H15O/c1-3-4-5-6-7-8-9-2/h7-8H,1,3-6H2,2H3. The van der Waals surface area contributed by atoms with E-state index in [0.717, 1.165) is 12.8 Å². The Hall–Kier alpha value is -0.460. The Balaban J connectivity index is 2.82. The van der Waals surface area contributed by atoms with Gasteiger partial charge in [0.1, 0.15) is 0 Å². The van der Waals surface area contributed by atoms with Gasteiger partial charge in [-0.25, -0.2) is 0 Å². The van der Waals surface area contributed by atoms with Gasteiger partial charge in [0.15, 0.2) is 0 Å². The topological polar surface area (TPSA) is 9.23 Å². The van der Waals surface area contributed by atoms with Crippen LogP contribution in [0.4, 0.5) is 0 Å². The van der Waals surface area contributed by atoms with Crippen molar-refractivity contribution >= 4 is 0 Å². The first-order chi connectivity index (χ1) is 4.41. The molecule has 0 aliphatic heterocycles. The number of allylic oxidation sites excluding steroid dienone is 1. The molecule has 1 nitrogen and oxygen atoms in total. The number of hydrogen-bond donors (Lipinski definition) is 0. The Morgan fingerprint density at radius 1 is 1.44 bits per heavy atom. The summed E-state index contributed by atoms with van der Waals surface area (Å²) in [5, 5.41) is 0. The Kier molecular flexibility index (Phi) is 7.15. The van der Waals surface area contributed by atoms with E-state index in [4.69, 9.17) is 4.74 Å². The van der Waals surface area contributed by atoms with Crippen molar-refractivity contribution in [3.63, 3.8) is 0 Å². The van der Waals surface area contributed by atoms with Gasteiger partial charge in [-0.05, 0) is 18.9 Å². The van der Waals surface area contributed by atoms with Crippen molar-refractivity contribution in [3.8, 4) is 0 Å². The Morgan fingerprint density at radius 2 is 2.22 bits per heavy atom. The first-order valence-electron chi connectivity index (χ1n) is 3.39. The van der Waals surface area contributed by atoms with Crippen molar-refractivity contribution in [2.24, 2.45) is 0 Å². The minimum Gasteiger partial charge on any atom is -0.505 e. The van der Waals surface area contributed by atoms with Crippen LogP contribution >= 0.6 is 0 Å². The monoisotopic (exact) mass is 127 g/mol. The lowest BCUT2D eigenvalue weighted by molar-refractivity contribution is 0.336. The summed E-state index contributed by atoms with van der Waals surface area (Å²) in [6, 6.07) is 0. The van der Waals surface area contributed by atoms with Gasteiger partial charge >= 0.3 is 0 Å². The highest BCUT2D eigenvalue weighted by atomic mass is 16.5. The molecule has 0 saturated carbocycles. The van der Waals surface area contributed by atoms with E-state index >= 15 is 0 Å². The SMILES string of the molecule is [CH2]CCCCC=COC. The maximum absolute atomic E-state index is 4.73. The Bertz CT molecular complexity index is 67.0. The average Bonchev–Trinajstić information content (AvgIpc) is 1.89. The Labute approximate surface area is 57.7 Å². The molecule has 0 rings (SSSR count). The zero-order valence-corrected chi connectivity index (χ0v) is 6.10. The van der Waals surface area contributed by atoms with E-state index in [9.17, 15) is 0 Å². The summed E-state index contributed by atoms with van der Waals surface area (Å²) in [6.07, 6.45) is 8.36. The van der Waals surface area contributed by atoms with E-state index in [0.29, 0.717) is 0 Å². The summed E-state index contributed by atoms with van der Waals surface area (Å²) in [5.41, 5.74) is 0. The zero-order valence-electron chi connectivity index (χ0n) is 6.10. The Morgan fingerprint density at radius 3 is 2.78 bits per heavy atom. The van der Waals surface area contributed by atoms with Gasteiger partial charge in [0.2, 0.25) is 0 Å². The fraction of sp³-hybridized carbons (Fsp3) is 0.625. The summed E-state index contributed by atoms with van der Waals surface area (Å²) >= 11 is 0. The molecule has 0 unspecified atom stereocenters. The number of hydrogen-bond acceptors (Lipinski definition) is 1. The molecular weight excluding hydrogens is 112 g/mol. The van der Waals surface area contributed by atoms with Crippen LogP contribution in [-0.4, -0.2) is 7.11 Å². The maximum atomic E-state index is 4.73. The van der Waals surface area contributed by atoms with Crippen molar-refractivity contribution in [1.29, 1.82) is 0 Å². The van der Waals surface area contributed by atoms with Crippen LogP contribution < -0.4 is 0 Å². The van der Waals surface area contributed by atoms with E-state index in [1.165, 1.54) is 12.8 Å². The molecule has 0 bridgehead atoms. The van der Waals surface area contributed by atoms with Gasteiger partial charge in [-0.1, -0.05) is 19.8 Å². The van der Waals surface area contributed by atoms with Crippen molar-refractivity contribution < 1.29 is 4.74 Å².